The van der Waals surface area contributed by atoms with Crippen LogP contribution in [-0.2, 0) is 14.2 Å². The average molecular weight is 294 g/mol. The lowest BCUT2D eigenvalue weighted by Crippen LogP contribution is -2.53. The van der Waals surface area contributed by atoms with Gasteiger partial charge in [0.25, 0.3) is 0 Å². The maximum Gasteiger partial charge on any atom is 0.186 e. The fourth-order valence-corrected chi connectivity index (χ4v) is 2.57. The Balaban J connectivity index is 2.00. The molecular formula is C12H22O8. The van der Waals surface area contributed by atoms with Crippen LogP contribution in [0.1, 0.15) is 13.3 Å². The zero-order valence-corrected chi connectivity index (χ0v) is 11.2. The Kier molecular flexibility index (Phi) is 5.32. The van der Waals surface area contributed by atoms with Gasteiger partial charge in [0, 0.05) is 6.42 Å². The van der Waals surface area contributed by atoms with Gasteiger partial charge < -0.3 is 39.7 Å². The van der Waals surface area contributed by atoms with E-state index in [-0.39, 0.29) is 19.6 Å². The molecule has 2 aliphatic rings. The molecule has 0 aromatic carbocycles. The van der Waals surface area contributed by atoms with Crippen molar-refractivity contribution in [1.82, 2.24) is 0 Å². The molecule has 2 rings (SSSR count). The van der Waals surface area contributed by atoms with Crippen molar-refractivity contribution in [3.63, 3.8) is 0 Å². The molecule has 0 aliphatic carbocycles. The molecule has 0 saturated carbocycles. The van der Waals surface area contributed by atoms with Gasteiger partial charge in [-0.1, -0.05) is 0 Å². The molecule has 5 N–H and O–H groups in total. The molecule has 0 aromatic heterocycles. The molecule has 0 spiro atoms. The van der Waals surface area contributed by atoms with Gasteiger partial charge in [0.1, 0.15) is 24.4 Å². The predicted octanol–water partition coefficient (Wildman–Crippen LogP) is -2.66. The van der Waals surface area contributed by atoms with E-state index in [0.29, 0.717) is 0 Å². The quantitative estimate of drug-likeness (QED) is 0.380. The first-order valence-electron chi connectivity index (χ1n) is 6.70. The topological polar surface area (TPSA) is 129 Å². The van der Waals surface area contributed by atoms with E-state index in [9.17, 15) is 15.3 Å². The molecular weight excluding hydrogens is 272 g/mol. The SMILES string of the molecule is C[C@H]1O[C@H](CO)[C@@H](O)[C@@H]1O[C@@H]1O[C@@H](CO)C[C@H](O)[C@H]1O. The average Bonchev–Trinajstić information content (AvgIpc) is 2.70. The van der Waals surface area contributed by atoms with Crippen molar-refractivity contribution in [2.24, 2.45) is 0 Å². The highest BCUT2D eigenvalue weighted by Crippen LogP contribution is 2.28. The van der Waals surface area contributed by atoms with Crippen molar-refractivity contribution in [3.05, 3.63) is 0 Å². The Morgan fingerprint density at radius 3 is 2.30 bits per heavy atom. The summed E-state index contributed by atoms with van der Waals surface area (Å²) >= 11 is 0. The second-order valence-corrected chi connectivity index (χ2v) is 5.26. The van der Waals surface area contributed by atoms with Crippen LogP contribution in [-0.4, -0.2) is 87.8 Å². The first-order valence-corrected chi connectivity index (χ1v) is 6.70. The molecule has 0 bridgehead atoms. The molecule has 0 unspecified atom stereocenters. The molecule has 8 atom stereocenters. The number of rotatable bonds is 4. The Hall–Kier alpha value is -0.320. The van der Waals surface area contributed by atoms with E-state index in [1.54, 1.807) is 6.92 Å². The van der Waals surface area contributed by atoms with Crippen LogP contribution in [0.15, 0.2) is 0 Å². The molecule has 2 aliphatic heterocycles. The van der Waals surface area contributed by atoms with Gasteiger partial charge in [-0.15, -0.1) is 0 Å². The van der Waals surface area contributed by atoms with E-state index in [0.717, 1.165) is 0 Å². The molecule has 2 heterocycles. The number of ether oxygens (including phenoxy) is 3. The molecule has 0 radical (unpaired) electrons. The summed E-state index contributed by atoms with van der Waals surface area (Å²) in [6.07, 6.45) is -7.15. The highest BCUT2D eigenvalue weighted by Gasteiger charge is 2.46. The van der Waals surface area contributed by atoms with Crippen molar-refractivity contribution >= 4 is 0 Å². The van der Waals surface area contributed by atoms with Crippen LogP contribution in [0.25, 0.3) is 0 Å². The van der Waals surface area contributed by atoms with Gasteiger partial charge >= 0.3 is 0 Å². The number of aliphatic hydroxyl groups is 5. The summed E-state index contributed by atoms with van der Waals surface area (Å²) in [6, 6.07) is 0. The molecule has 2 saturated heterocycles. The van der Waals surface area contributed by atoms with Gasteiger partial charge in [-0.2, -0.15) is 0 Å². The lowest BCUT2D eigenvalue weighted by Gasteiger charge is -2.38. The first kappa shape index (κ1) is 16.1. The Labute approximate surface area is 116 Å². The minimum Gasteiger partial charge on any atom is -0.394 e. The van der Waals surface area contributed by atoms with E-state index in [4.69, 9.17) is 24.4 Å². The minimum atomic E-state index is -1.27. The number of hydrogen-bond donors (Lipinski definition) is 5. The predicted molar refractivity (Wildman–Crippen MR) is 64.7 cm³/mol. The first-order chi connectivity index (χ1) is 9.47. The van der Waals surface area contributed by atoms with Gasteiger partial charge in [-0.25, -0.2) is 0 Å². The Morgan fingerprint density at radius 2 is 1.75 bits per heavy atom. The lowest BCUT2D eigenvalue weighted by atomic mass is 10.0. The summed E-state index contributed by atoms with van der Waals surface area (Å²) in [5.41, 5.74) is 0. The van der Waals surface area contributed by atoms with Gasteiger partial charge in [0.05, 0.1) is 31.5 Å². The van der Waals surface area contributed by atoms with Crippen molar-refractivity contribution < 1.29 is 39.7 Å². The van der Waals surface area contributed by atoms with Crippen LogP contribution in [0.4, 0.5) is 0 Å². The molecule has 0 aromatic rings. The fourth-order valence-electron chi connectivity index (χ4n) is 2.57. The van der Waals surface area contributed by atoms with Crippen LogP contribution >= 0.6 is 0 Å². The standard InChI is InChI=1S/C12H22O8/c1-5-11(10(17)8(4-14)18-5)20-12-9(16)7(15)2-6(3-13)19-12/h5-17H,2-4H2,1H3/t5-,6-,7+,8-,9-,10-,11-,12+/m1/s1. The van der Waals surface area contributed by atoms with Crippen LogP contribution in [0.5, 0.6) is 0 Å². The third-order valence-electron chi connectivity index (χ3n) is 3.75. The number of hydrogen-bond acceptors (Lipinski definition) is 8. The van der Waals surface area contributed by atoms with Crippen LogP contribution in [0.2, 0.25) is 0 Å². The molecule has 2 fully saturated rings. The second-order valence-electron chi connectivity index (χ2n) is 5.26. The van der Waals surface area contributed by atoms with Gasteiger partial charge in [0.15, 0.2) is 6.29 Å². The summed E-state index contributed by atoms with van der Waals surface area (Å²) in [7, 11) is 0. The lowest BCUT2D eigenvalue weighted by molar-refractivity contribution is -0.292. The van der Waals surface area contributed by atoms with Gasteiger partial charge in [-0.3, -0.25) is 0 Å². The maximum absolute atomic E-state index is 9.97. The highest BCUT2D eigenvalue weighted by atomic mass is 16.7. The monoisotopic (exact) mass is 294 g/mol. The zero-order valence-electron chi connectivity index (χ0n) is 11.2. The van der Waals surface area contributed by atoms with Gasteiger partial charge in [0.2, 0.25) is 0 Å². The van der Waals surface area contributed by atoms with Crippen LogP contribution < -0.4 is 0 Å². The third kappa shape index (κ3) is 3.12. The minimum absolute atomic E-state index is 0.107. The van der Waals surface area contributed by atoms with Crippen molar-refractivity contribution in [2.75, 3.05) is 13.2 Å². The Bertz CT molecular complexity index is 314. The summed E-state index contributed by atoms with van der Waals surface area (Å²) in [5, 5.41) is 47.7. The number of aliphatic hydroxyl groups excluding tert-OH is 5. The summed E-state index contributed by atoms with van der Waals surface area (Å²) < 4.78 is 16.1. The van der Waals surface area contributed by atoms with E-state index < -0.39 is 49.0 Å². The van der Waals surface area contributed by atoms with Crippen LogP contribution in [0.3, 0.4) is 0 Å². The van der Waals surface area contributed by atoms with Crippen molar-refractivity contribution in [2.45, 2.75) is 62.4 Å². The van der Waals surface area contributed by atoms with E-state index in [1.165, 1.54) is 0 Å². The summed E-state index contributed by atoms with van der Waals surface area (Å²) in [6.45, 7) is 1.02. The zero-order chi connectivity index (χ0) is 14.9. The molecule has 8 nitrogen and oxygen atoms in total. The smallest absolute Gasteiger partial charge is 0.186 e. The third-order valence-corrected chi connectivity index (χ3v) is 3.75. The molecule has 118 valence electrons. The van der Waals surface area contributed by atoms with E-state index in [1.807, 2.05) is 0 Å². The van der Waals surface area contributed by atoms with Crippen LogP contribution in [0, 0.1) is 0 Å². The summed E-state index contributed by atoms with van der Waals surface area (Å²) in [4.78, 5) is 0. The highest BCUT2D eigenvalue weighted by molar-refractivity contribution is 4.91. The molecule has 20 heavy (non-hydrogen) atoms. The normalized spacial score (nSPS) is 49.5. The maximum atomic E-state index is 9.97. The van der Waals surface area contributed by atoms with E-state index >= 15 is 0 Å². The van der Waals surface area contributed by atoms with Crippen molar-refractivity contribution in [3.8, 4) is 0 Å². The van der Waals surface area contributed by atoms with Gasteiger partial charge in [-0.05, 0) is 6.92 Å². The molecule has 8 heteroatoms. The van der Waals surface area contributed by atoms with E-state index in [2.05, 4.69) is 0 Å². The fraction of sp³-hybridized carbons (Fsp3) is 1.00. The Morgan fingerprint density at radius 1 is 1.05 bits per heavy atom. The summed E-state index contributed by atoms with van der Waals surface area (Å²) in [5.74, 6) is 0. The van der Waals surface area contributed by atoms with Crippen molar-refractivity contribution in [1.29, 1.82) is 0 Å². The largest absolute Gasteiger partial charge is 0.394 e. The second kappa shape index (κ2) is 6.63. The molecule has 0 amide bonds.